The maximum Gasteiger partial charge on any atom is 1.00 e. The minimum Gasteiger partial charge on any atom is -0.545 e. The van der Waals surface area contributed by atoms with Gasteiger partial charge in [0, 0.05) is 16.5 Å². The maximum absolute atomic E-state index is 10.5. The van der Waals surface area contributed by atoms with Crippen LogP contribution in [0.2, 0.25) is 0 Å². The fourth-order valence-electron chi connectivity index (χ4n) is 4.27. The number of hydrogen-bond donors (Lipinski definition) is 9. The molecule has 314 valence electrons. The predicted molar refractivity (Wildman–Crippen MR) is 205 cm³/mol. The zero-order chi connectivity index (χ0) is 45.7. The van der Waals surface area contributed by atoms with E-state index in [2.05, 4.69) is 0 Å². The van der Waals surface area contributed by atoms with Crippen molar-refractivity contribution in [2.75, 3.05) is 0 Å². The van der Waals surface area contributed by atoms with Crippen LogP contribution in [0.3, 0.4) is 0 Å². The molecule has 0 heterocycles. The first-order chi connectivity index (χ1) is 28.1. The molecule has 22 heteroatoms. The second-order valence-electron chi connectivity index (χ2n) is 10.8. The molecule has 0 spiro atoms. The molecule has 0 aliphatic rings. The number of carboxylic acids is 10. The van der Waals surface area contributed by atoms with Crippen molar-refractivity contribution < 1.29 is 150 Å². The van der Waals surface area contributed by atoms with E-state index in [0.717, 1.165) is 0 Å². The zero-order valence-corrected chi connectivity index (χ0v) is 35.7. The Bertz CT molecular complexity index is 1890. The first-order valence-electron chi connectivity index (χ1n) is 15.9. The van der Waals surface area contributed by atoms with Crippen LogP contribution >= 0.6 is 0 Å². The van der Waals surface area contributed by atoms with E-state index in [-0.39, 0.29) is 118 Å². The molecular formula is C40H29KO20Si. The molecular weight excluding hydrogens is 868 g/mol. The first kappa shape index (κ1) is 56.7. The fraction of sp³-hybridized carbons (Fsp3) is 0. The van der Waals surface area contributed by atoms with E-state index >= 15 is 0 Å². The molecule has 0 amide bonds. The van der Waals surface area contributed by atoms with Crippen LogP contribution < -0.4 is 56.5 Å². The molecule has 5 aromatic carbocycles. The van der Waals surface area contributed by atoms with Gasteiger partial charge in [0.2, 0.25) is 0 Å². The number of rotatable bonds is 10. The van der Waals surface area contributed by atoms with Gasteiger partial charge in [0.15, 0.2) is 0 Å². The van der Waals surface area contributed by atoms with Crippen molar-refractivity contribution in [2.45, 2.75) is 0 Å². The quantitative estimate of drug-likeness (QED) is 0.0871. The Kier molecular flexibility index (Phi) is 25.8. The zero-order valence-electron chi connectivity index (χ0n) is 31.6. The van der Waals surface area contributed by atoms with E-state index in [1.54, 1.807) is 0 Å². The average molecular weight is 897 g/mol. The monoisotopic (exact) mass is 896 g/mol. The molecule has 0 unspecified atom stereocenters. The SMILES string of the molecule is O=C(O)c1ccccc1C(=O)O.O=C(O)c1ccccc1C(=O)O.O=C(O)c1ccccc1C(=O)O.O=C(O)c1ccccc1C(=O)O.O=C([O-])c1ccccc1C(=O)O.[K+].[Si]. The van der Waals surface area contributed by atoms with Crippen LogP contribution in [-0.2, 0) is 0 Å². The third kappa shape index (κ3) is 18.3. The van der Waals surface area contributed by atoms with Gasteiger partial charge in [0.25, 0.3) is 0 Å². The summed E-state index contributed by atoms with van der Waals surface area (Å²) in [6, 6.07) is 27.2. The largest absolute Gasteiger partial charge is 1.00 e. The van der Waals surface area contributed by atoms with E-state index in [1.165, 1.54) is 121 Å². The molecule has 0 aliphatic heterocycles. The maximum atomic E-state index is 10.5. The molecule has 5 aromatic rings. The number of benzene rings is 5. The molecule has 0 aromatic heterocycles. The van der Waals surface area contributed by atoms with E-state index < -0.39 is 59.7 Å². The summed E-state index contributed by atoms with van der Waals surface area (Å²) in [4.78, 5) is 104. The predicted octanol–water partition coefficient (Wildman–Crippen LogP) is 0.704. The van der Waals surface area contributed by atoms with Gasteiger partial charge >= 0.3 is 105 Å². The minimum absolute atomic E-state index is 0. The topological polar surface area (TPSA) is 376 Å². The van der Waals surface area contributed by atoms with Gasteiger partial charge in [0.05, 0.1) is 56.0 Å². The second-order valence-corrected chi connectivity index (χ2v) is 10.8. The molecule has 62 heavy (non-hydrogen) atoms. The molecule has 0 saturated carbocycles. The van der Waals surface area contributed by atoms with Crippen molar-refractivity contribution in [1.29, 1.82) is 0 Å². The summed E-state index contributed by atoms with van der Waals surface area (Å²) in [6.07, 6.45) is 0. The van der Waals surface area contributed by atoms with Gasteiger partial charge in [-0.25, -0.2) is 43.2 Å². The molecule has 20 nitrogen and oxygen atoms in total. The van der Waals surface area contributed by atoms with Gasteiger partial charge in [-0.05, 0) is 54.6 Å². The van der Waals surface area contributed by atoms with E-state index in [4.69, 9.17) is 46.0 Å². The van der Waals surface area contributed by atoms with Crippen LogP contribution in [0.25, 0.3) is 0 Å². The molecule has 0 aliphatic carbocycles. The molecule has 5 rings (SSSR count). The van der Waals surface area contributed by atoms with E-state index in [0.29, 0.717) is 0 Å². The van der Waals surface area contributed by atoms with Crippen molar-refractivity contribution in [3.63, 3.8) is 0 Å². The van der Waals surface area contributed by atoms with Crippen LogP contribution in [-0.4, -0.2) is 117 Å². The summed E-state index contributed by atoms with van der Waals surface area (Å²) >= 11 is 0. The molecule has 0 fully saturated rings. The minimum atomic E-state index is -1.48. The summed E-state index contributed by atoms with van der Waals surface area (Å²) in [7, 11) is 0. The third-order valence-electron chi connectivity index (χ3n) is 6.93. The Hall–Kier alpha value is -7.35. The Morgan fingerprint density at radius 3 is 0.435 bits per heavy atom. The summed E-state index contributed by atoms with van der Waals surface area (Å²) in [5, 5.41) is 87.3. The molecule has 0 saturated heterocycles. The van der Waals surface area contributed by atoms with Gasteiger partial charge < -0.3 is 55.9 Å². The molecule has 4 radical (unpaired) electrons. The number of aromatic carboxylic acids is 10. The fourth-order valence-corrected chi connectivity index (χ4v) is 4.27. The summed E-state index contributed by atoms with van der Waals surface area (Å²) in [5.74, 6) is -12.6. The van der Waals surface area contributed by atoms with Crippen LogP contribution in [0.4, 0.5) is 0 Å². The molecule has 9 N–H and O–H groups in total. The number of carbonyl (C=O) groups excluding carboxylic acids is 1. The average Bonchev–Trinajstić information content (AvgIpc) is 3.21. The Morgan fingerprint density at radius 2 is 0.355 bits per heavy atom. The van der Waals surface area contributed by atoms with Crippen molar-refractivity contribution >= 4 is 70.7 Å². The summed E-state index contributed by atoms with van der Waals surface area (Å²) in [5.41, 5.74) is -2.07. The second kappa shape index (κ2) is 28.2. The molecule has 0 atom stereocenters. The summed E-state index contributed by atoms with van der Waals surface area (Å²) < 4.78 is 0. The van der Waals surface area contributed by atoms with Crippen LogP contribution in [0, 0.1) is 0 Å². The van der Waals surface area contributed by atoms with Gasteiger partial charge in [0.1, 0.15) is 0 Å². The standard InChI is InChI=1S/5C8H6O4.K.Si/c5*9-7(10)5-3-1-2-4-6(5)8(11)12;;/h5*1-4H,(H,9,10)(H,11,12);;/q;;;;;+1;/p-1. The normalized spacial score (nSPS) is 9.03. The first-order valence-corrected chi connectivity index (χ1v) is 15.9. The number of carbonyl (C=O) groups is 10. The van der Waals surface area contributed by atoms with E-state index in [1.807, 2.05) is 0 Å². The van der Waals surface area contributed by atoms with E-state index in [9.17, 15) is 53.1 Å². The number of hydrogen-bond acceptors (Lipinski definition) is 11. The Labute approximate surface area is 395 Å². The Morgan fingerprint density at radius 1 is 0.258 bits per heavy atom. The number of carboxylic acid groups (broad SMARTS) is 10. The molecule has 0 bridgehead atoms. The van der Waals surface area contributed by atoms with Crippen LogP contribution in [0.1, 0.15) is 104 Å². The van der Waals surface area contributed by atoms with Crippen LogP contribution in [0.5, 0.6) is 0 Å². The Balaban J connectivity index is 0. The third-order valence-corrected chi connectivity index (χ3v) is 6.93. The smallest absolute Gasteiger partial charge is 0.545 e. The van der Waals surface area contributed by atoms with Gasteiger partial charge in [-0.1, -0.05) is 66.7 Å². The van der Waals surface area contributed by atoms with Crippen molar-refractivity contribution in [2.24, 2.45) is 0 Å². The van der Waals surface area contributed by atoms with Gasteiger partial charge in [-0.2, -0.15) is 0 Å². The van der Waals surface area contributed by atoms with Gasteiger partial charge in [-0.15, -0.1) is 0 Å². The summed E-state index contributed by atoms with van der Waals surface area (Å²) in [6.45, 7) is 0. The van der Waals surface area contributed by atoms with Crippen molar-refractivity contribution in [3.05, 3.63) is 177 Å². The van der Waals surface area contributed by atoms with Crippen LogP contribution in [0.15, 0.2) is 121 Å². The van der Waals surface area contributed by atoms with Gasteiger partial charge in [-0.3, -0.25) is 0 Å². The van der Waals surface area contributed by atoms with Crippen molar-refractivity contribution in [1.82, 2.24) is 0 Å². The van der Waals surface area contributed by atoms with Crippen molar-refractivity contribution in [3.8, 4) is 0 Å².